The summed E-state index contributed by atoms with van der Waals surface area (Å²) >= 11 is 5.65. The van der Waals surface area contributed by atoms with E-state index in [-0.39, 0.29) is 9.92 Å². The Morgan fingerprint density at radius 3 is 2.44 bits per heavy atom. The Morgan fingerprint density at radius 1 is 1.28 bits per heavy atom. The fourth-order valence-electron chi connectivity index (χ4n) is 1.87. The third-order valence-electron chi connectivity index (χ3n) is 2.82. The minimum atomic E-state index is -3.64. The molecule has 0 atom stereocenters. The van der Waals surface area contributed by atoms with Gasteiger partial charge in [0.05, 0.1) is 9.82 Å². The summed E-state index contributed by atoms with van der Waals surface area (Å²) in [7, 11) is -3.64. The van der Waals surface area contributed by atoms with Crippen LogP contribution in [-0.2, 0) is 10.0 Å². The zero-order valence-corrected chi connectivity index (χ0v) is 10.9. The molecule has 0 N–H and O–H groups in total. The third kappa shape index (κ3) is 2.33. The first kappa shape index (κ1) is 13.3. The minimum Gasteiger partial charge on any atom is -0.258 e. The zero-order chi connectivity index (χ0) is 13.3. The monoisotopic (exact) mass is 290 g/mol. The smallest absolute Gasteiger partial charge is 0.258 e. The van der Waals surface area contributed by atoms with Crippen LogP contribution in [0.3, 0.4) is 0 Å². The van der Waals surface area contributed by atoms with Crippen LogP contribution in [0.15, 0.2) is 23.1 Å². The highest BCUT2D eigenvalue weighted by molar-refractivity contribution is 7.89. The summed E-state index contributed by atoms with van der Waals surface area (Å²) in [5.41, 5.74) is -0.392. The van der Waals surface area contributed by atoms with Gasteiger partial charge in [-0.05, 0) is 25.0 Å². The van der Waals surface area contributed by atoms with E-state index in [4.69, 9.17) is 11.6 Å². The first-order valence-electron chi connectivity index (χ1n) is 5.37. The van der Waals surface area contributed by atoms with Gasteiger partial charge in [-0.15, -0.1) is 0 Å². The lowest BCUT2D eigenvalue weighted by molar-refractivity contribution is -0.384. The van der Waals surface area contributed by atoms with Gasteiger partial charge in [0.2, 0.25) is 10.0 Å². The van der Waals surface area contributed by atoms with Crippen molar-refractivity contribution >= 4 is 27.3 Å². The first-order valence-corrected chi connectivity index (χ1v) is 7.19. The van der Waals surface area contributed by atoms with E-state index >= 15 is 0 Å². The second kappa shape index (κ2) is 4.83. The number of nitro benzene ring substituents is 1. The molecule has 0 radical (unpaired) electrons. The molecule has 0 unspecified atom stereocenters. The molecule has 0 saturated carbocycles. The molecule has 0 spiro atoms. The number of hydrogen-bond donors (Lipinski definition) is 0. The molecule has 0 amide bonds. The second-order valence-corrected chi connectivity index (χ2v) is 6.33. The molecular weight excluding hydrogens is 280 g/mol. The molecule has 1 saturated heterocycles. The average Bonchev–Trinajstić information content (AvgIpc) is 2.82. The Bertz CT molecular complexity index is 582. The van der Waals surface area contributed by atoms with Crippen LogP contribution in [0.5, 0.6) is 0 Å². The first-order chi connectivity index (χ1) is 8.43. The van der Waals surface area contributed by atoms with Crippen LogP contribution in [0, 0.1) is 10.1 Å². The van der Waals surface area contributed by atoms with E-state index < -0.39 is 20.6 Å². The molecule has 2 rings (SSSR count). The Morgan fingerprint density at radius 2 is 1.89 bits per heavy atom. The summed E-state index contributed by atoms with van der Waals surface area (Å²) in [4.78, 5) is 9.96. The van der Waals surface area contributed by atoms with Gasteiger partial charge >= 0.3 is 0 Å². The standard InChI is InChI=1S/C10H11ClN2O4S/c11-9-4-3-8(7-10(9)13(14)15)18(16,17)12-5-1-2-6-12/h3-4,7H,1-2,5-6H2. The highest BCUT2D eigenvalue weighted by Crippen LogP contribution is 2.29. The van der Waals surface area contributed by atoms with Crippen molar-refractivity contribution in [3.8, 4) is 0 Å². The van der Waals surface area contributed by atoms with E-state index in [2.05, 4.69) is 0 Å². The van der Waals surface area contributed by atoms with Gasteiger partial charge in [0, 0.05) is 19.2 Å². The number of nitro groups is 1. The molecule has 1 aliphatic rings. The molecule has 1 aliphatic heterocycles. The Kier molecular flexibility index (Phi) is 3.56. The predicted octanol–water partition coefficient (Wildman–Crippen LogP) is 2.03. The molecule has 18 heavy (non-hydrogen) atoms. The lowest BCUT2D eigenvalue weighted by Crippen LogP contribution is -2.27. The van der Waals surface area contributed by atoms with E-state index in [0.717, 1.165) is 18.9 Å². The Balaban J connectivity index is 2.45. The van der Waals surface area contributed by atoms with Gasteiger partial charge in [-0.2, -0.15) is 4.31 Å². The Labute approximate surface area is 109 Å². The maximum Gasteiger partial charge on any atom is 0.289 e. The highest BCUT2D eigenvalue weighted by Gasteiger charge is 2.29. The van der Waals surface area contributed by atoms with Crippen LogP contribution in [0.4, 0.5) is 5.69 Å². The summed E-state index contributed by atoms with van der Waals surface area (Å²) in [6.45, 7) is 0.914. The molecule has 1 aromatic carbocycles. The van der Waals surface area contributed by atoms with Crippen molar-refractivity contribution in [3.05, 3.63) is 33.3 Å². The molecule has 0 aromatic heterocycles. The van der Waals surface area contributed by atoms with Crippen molar-refractivity contribution in [1.82, 2.24) is 4.31 Å². The number of hydrogen-bond acceptors (Lipinski definition) is 4. The predicted molar refractivity (Wildman–Crippen MR) is 66.1 cm³/mol. The Hall–Kier alpha value is -1.18. The topological polar surface area (TPSA) is 80.5 Å². The minimum absolute atomic E-state index is 0.0691. The van der Waals surface area contributed by atoms with Gasteiger partial charge in [0.15, 0.2) is 0 Å². The molecule has 6 nitrogen and oxygen atoms in total. The van der Waals surface area contributed by atoms with E-state index in [0.29, 0.717) is 13.1 Å². The largest absolute Gasteiger partial charge is 0.289 e. The van der Waals surface area contributed by atoms with Crippen LogP contribution in [0.1, 0.15) is 12.8 Å². The SMILES string of the molecule is O=[N+]([O-])c1cc(S(=O)(=O)N2CCCC2)ccc1Cl. The van der Waals surface area contributed by atoms with Crippen molar-refractivity contribution in [1.29, 1.82) is 0 Å². The van der Waals surface area contributed by atoms with Crippen LogP contribution < -0.4 is 0 Å². The maximum absolute atomic E-state index is 12.2. The zero-order valence-electron chi connectivity index (χ0n) is 9.37. The van der Waals surface area contributed by atoms with Crippen molar-refractivity contribution in [2.45, 2.75) is 17.7 Å². The number of sulfonamides is 1. The van der Waals surface area contributed by atoms with Gasteiger partial charge in [-0.1, -0.05) is 11.6 Å². The molecular formula is C10H11ClN2O4S. The molecule has 0 aliphatic carbocycles. The molecule has 0 bridgehead atoms. The van der Waals surface area contributed by atoms with Gasteiger partial charge in [-0.3, -0.25) is 10.1 Å². The lowest BCUT2D eigenvalue weighted by Gasteiger charge is -2.15. The summed E-state index contributed by atoms with van der Waals surface area (Å²) in [5, 5.41) is 10.7. The molecule has 98 valence electrons. The van der Waals surface area contributed by atoms with Crippen LogP contribution in [0.25, 0.3) is 0 Å². The number of nitrogens with zero attached hydrogens (tertiary/aromatic N) is 2. The van der Waals surface area contributed by atoms with Gasteiger partial charge < -0.3 is 0 Å². The van der Waals surface area contributed by atoms with Crippen molar-refractivity contribution in [2.24, 2.45) is 0 Å². The summed E-state index contributed by atoms with van der Waals surface area (Å²) in [6.07, 6.45) is 1.63. The van der Waals surface area contributed by atoms with E-state index in [1.54, 1.807) is 0 Å². The fourth-order valence-corrected chi connectivity index (χ4v) is 3.59. The average molecular weight is 291 g/mol. The van der Waals surface area contributed by atoms with Crippen molar-refractivity contribution in [3.63, 3.8) is 0 Å². The second-order valence-electron chi connectivity index (χ2n) is 3.98. The van der Waals surface area contributed by atoms with Gasteiger partial charge in [0.1, 0.15) is 5.02 Å². The van der Waals surface area contributed by atoms with E-state index in [9.17, 15) is 18.5 Å². The number of benzene rings is 1. The van der Waals surface area contributed by atoms with E-state index in [1.165, 1.54) is 16.4 Å². The number of rotatable bonds is 3. The van der Waals surface area contributed by atoms with Crippen molar-refractivity contribution in [2.75, 3.05) is 13.1 Å². The molecule has 1 heterocycles. The summed E-state index contributed by atoms with van der Waals surface area (Å²) in [6, 6.07) is 3.54. The molecule has 8 heteroatoms. The van der Waals surface area contributed by atoms with Gasteiger partial charge in [0.25, 0.3) is 5.69 Å². The van der Waals surface area contributed by atoms with Crippen LogP contribution >= 0.6 is 11.6 Å². The van der Waals surface area contributed by atoms with Gasteiger partial charge in [-0.25, -0.2) is 8.42 Å². The van der Waals surface area contributed by atoms with Crippen molar-refractivity contribution < 1.29 is 13.3 Å². The fraction of sp³-hybridized carbons (Fsp3) is 0.400. The normalized spacial score (nSPS) is 16.9. The quantitative estimate of drug-likeness (QED) is 0.630. The van der Waals surface area contributed by atoms with E-state index in [1.807, 2.05) is 0 Å². The highest BCUT2D eigenvalue weighted by atomic mass is 35.5. The number of halogens is 1. The van der Waals surface area contributed by atoms with Crippen LogP contribution in [0.2, 0.25) is 5.02 Å². The maximum atomic E-state index is 12.2. The molecule has 1 aromatic rings. The lowest BCUT2D eigenvalue weighted by atomic mass is 10.3. The summed E-state index contributed by atoms with van der Waals surface area (Å²) in [5.74, 6) is 0. The summed E-state index contributed by atoms with van der Waals surface area (Å²) < 4.78 is 25.7. The van der Waals surface area contributed by atoms with Crippen LogP contribution in [-0.4, -0.2) is 30.7 Å². The molecule has 1 fully saturated rings. The third-order valence-corrected chi connectivity index (χ3v) is 5.03.